The number of ketones is 5. The zero-order valence-electron chi connectivity index (χ0n) is 56.3. The zero-order valence-corrected chi connectivity index (χ0v) is 57.1. The first-order valence-corrected chi connectivity index (χ1v) is 34.0. The number of imide groups is 1. The first kappa shape index (κ1) is 81.9. The number of ether oxygens (including phenoxy) is 6. The molecule has 2 aliphatic rings. The number of carbonyl (C=O) groups excluding carboxylic acids is 13. The van der Waals surface area contributed by atoms with Crippen LogP contribution in [0.5, 0.6) is 0 Å². The SMILES string of the molecule is CCCOCCCC(=O)CNC(=O)[C@H](C)CC(=O)[C@H](CSC)NC(=O)CCC(=O)[C@H](CC(C)C)NC(=O)[C@@H]1CCCN1C(=O)COCCCC(=O)[C@H](Cc1ccc(/C(C)=N/OCCNC(=O)OCCOC)cc1)NC(=O)COCCOCCCC(=O)CCN1C(=O)C=CC1=O. The fraction of sp³-hybridized carbons (Fsp3) is 0.667. The molecule has 0 aromatic heterocycles. The minimum Gasteiger partial charge on any atom is -0.447 e. The zero-order chi connectivity index (χ0) is 69.9. The van der Waals surface area contributed by atoms with Gasteiger partial charge in [-0.1, -0.05) is 57.1 Å². The van der Waals surface area contributed by atoms with Crippen molar-refractivity contribution in [3.63, 3.8) is 0 Å². The average molecular weight is 1360 g/mol. The van der Waals surface area contributed by atoms with Gasteiger partial charge in [0.2, 0.25) is 29.5 Å². The third-order valence-electron chi connectivity index (χ3n) is 15.0. The first-order chi connectivity index (χ1) is 45.6. The third kappa shape index (κ3) is 34.3. The Bertz CT molecular complexity index is 2710. The Balaban J connectivity index is 1.51. The van der Waals surface area contributed by atoms with E-state index in [-0.39, 0.29) is 178 Å². The average Bonchev–Trinajstić information content (AvgIpc) is 1.80. The van der Waals surface area contributed by atoms with Crippen molar-refractivity contribution >= 4 is 93.8 Å². The van der Waals surface area contributed by atoms with E-state index in [9.17, 15) is 62.3 Å². The Hall–Kier alpha value is -7.31. The molecule has 0 aliphatic carbocycles. The van der Waals surface area contributed by atoms with E-state index in [2.05, 4.69) is 31.7 Å². The number of methoxy groups -OCH3 is 1. The van der Waals surface area contributed by atoms with Gasteiger partial charge in [0.15, 0.2) is 23.1 Å². The number of nitrogens with one attached hydrogen (secondary N) is 5. The number of hydrogen-bond acceptors (Lipinski definition) is 22. The van der Waals surface area contributed by atoms with Crippen LogP contribution in [0.1, 0.15) is 136 Å². The molecule has 8 amide bonds. The maximum absolute atomic E-state index is 13.8. The topological polar surface area (TPSA) is 366 Å². The molecule has 530 valence electrons. The molecule has 1 aromatic rings. The summed E-state index contributed by atoms with van der Waals surface area (Å²) in [6.45, 7) is 10.4. The second-order valence-corrected chi connectivity index (χ2v) is 24.4. The summed E-state index contributed by atoms with van der Waals surface area (Å²) in [5.74, 6) is -5.44. The fourth-order valence-electron chi connectivity index (χ4n) is 9.81. The van der Waals surface area contributed by atoms with Crippen molar-refractivity contribution in [2.24, 2.45) is 17.0 Å². The Kier molecular flexibility index (Phi) is 41.0. The number of likely N-dealkylation sites (tertiary alicyclic amines) is 1. The molecular weight excluding hydrogens is 1260 g/mol. The van der Waals surface area contributed by atoms with Gasteiger partial charge in [0.1, 0.15) is 38.3 Å². The smallest absolute Gasteiger partial charge is 0.407 e. The van der Waals surface area contributed by atoms with Gasteiger partial charge >= 0.3 is 6.09 Å². The van der Waals surface area contributed by atoms with Crippen LogP contribution in [0.25, 0.3) is 0 Å². The summed E-state index contributed by atoms with van der Waals surface area (Å²) < 4.78 is 32.0. The number of oxime groups is 1. The molecule has 1 aromatic carbocycles. The minimum atomic E-state index is -0.989. The van der Waals surface area contributed by atoms with E-state index in [4.69, 9.17) is 33.3 Å². The molecule has 0 unspecified atom stereocenters. The molecule has 0 radical (unpaired) electrons. The summed E-state index contributed by atoms with van der Waals surface area (Å²) >= 11 is 1.32. The predicted molar refractivity (Wildman–Crippen MR) is 351 cm³/mol. The molecule has 3 rings (SSSR count). The van der Waals surface area contributed by atoms with Gasteiger partial charge in [-0.25, -0.2) is 4.79 Å². The van der Waals surface area contributed by atoms with Crippen molar-refractivity contribution in [2.45, 2.75) is 155 Å². The molecule has 29 heteroatoms. The molecule has 5 N–H and O–H groups in total. The van der Waals surface area contributed by atoms with Gasteiger partial charge in [-0.05, 0) is 81.6 Å². The van der Waals surface area contributed by atoms with Gasteiger partial charge in [-0.15, -0.1) is 0 Å². The summed E-state index contributed by atoms with van der Waals surface area (Å²) in [4.78, 5) is 175. The quantitative estimate of drug-likeness (QED) is 0.0271. The van der Waals surface area contributed by atoms with Crippen LogP contribution < -0.4 is 26.6 Å². The van der Waals surface area contributed by atoms with E-state index in [1.165, 1.54) is 23.8 Å². The van der Waals surface area contributed by atoms with Gasteiger partial charge in [-0.3, -0.25) is 62.4 Å². The third-order valence-corrected chi connectivity index (χ3v) is 15.6. The summed E-state index contributed by atoms with van der Waals surface area (Å²) in [6.07, 6.45) is 6.43. The van der Waals surface area contributed by atoms with Crippen LogP contribution in [-0.2, 0) is 97.2 Å². The van der Waals surface area contributed by atoms with Gasteiger partial charge in [0, 0.05) is 115 Å². The number of rotatable bonds is 53. The molecule has 1 fully saturated rings. The normalized spacial score (nSPS) is 15.0. The van der Waals surface area contributed by atoms with E-state index in [0.717, 1.165) is 23.5 Å². The maximum atomic E-state index is 13.8. The Morgan fingerprint density at radius 3 is 1.99 bits per heavy atom. The van der Waals surface area contributed by atoms with Crippen LogP contribution in [-0.4, -0.2) is 234 Å². The standard InChI is InChI=1S/C66H100N8O20S/c1-8-29-89-30-11-14-51(76)41-68-64(85)46(4)39-58(79)54(44-95-7)70-59(80)22-21-57(78)52(38-45(2)3)71-65(86)55-15-9-27-73(55)63(84)43-91-32-12-16-56(77)53(40-48-17-19-49(20-18-48)47(5)72-94-33-26-67-66(87)93-37-34-88-6)69-60(81)42-92-36-35-90-31-10-13-50(75)25-28-74-61(82)23-24-62(74)83/h17-20,23-24,45-46,52-55H,8-16,21-22,25-44H2,1-7H3,(H,67,87)(H,68,85)(H,69,81)(H,70,80)(H,71,86)/b72-47+/t46-,52+,53+,54+,55+/m1/s1. The molecular formula is C66H100N8O20S. The number of hydrogen-bond donors (Lipinski definition) is 5. The van der Waals surface area contributed by atoms with E-state index in [1.54, 1.807) is 44.4 Å². The molecule has 28 nitrogen and oxygen atoms in total. The predicted octanol–water partition coefficient (Wildman–Crippen LogP) is 3.10. The van der Waals surface area contributed by atoms with Gasteiger partial charge in [0.05, 0.1) is 56.7 Å². The lowest BCUT2D eigenvalue weighted by molar-refractivity contribution is -0.142. The number of Topliss-reactive ketones (excluding diaryl/α,β-unsaturated/α-hetero) is 5. The van der Waals surface area contributed by atoms with Gasteiger partial charge < -0.3 is 64.7 Å². The lowest BCUT2D eigenvalue weighted by atomic mass is 9.96. The van der Waals surface area contributed by atoms with Crippen LogP contribution in [0.15, 0.2) is 41.6 Å². The Morgan fingerprint density at radius 2 is 1.31 bits per heavy atom. The van der Waals surface area contributed by atoms with E-state index < -0.39 is 89.9 Å². The first-order valence-electron chi connectivity index (χ1n) is 32.6. The highest BCUT2D eigenvalue weighted by atomic mass is 32.2. The molecule has 95 heavy (non-hydrogen) atoms. The number of benzene rings is 1. The summed E-state index contributed by atoms with van der Waals surface area (Å²) in [7, 11) is 1.49. The van der Waals surface area contributed by atoms with Crippen molar-refractivity contribution in [3.8, 4) is 0 Å². The molecule has 5 atom stereocenters. The molecule has 0 spiro atoms. The van der Waals surface area contributed by atoms with Crippen molar-refractivity contribution in [1.29, 1.82) is 0 Å². The molecule has 0 saturated carbocycles. The summed E-state index contributed by atoms with van der Waals surface area (Å²) in [6, 6.07) is 3.33. The van der Waals surface area contributed by atoms with E-state index in [1.807, 2.05) is 20.8 Å². The lowest BCUT2D eigenvalue weighted by Crippen LogP contribution is -2.52. The Labute approximate surface area is 561 Å². The summed E-state index contributed by atoms with van der Waals surface area (Å²) in [5.41, 5.74) is 1.95. The van der Waals surface area contributed by atoms with Crippen molar-refractivity contribution < 1.29 is 95.6 Å². The number of amides is 8. The minimum absolute atomic E-state index is 0.0109. The number of nitrogens with zero attached hydrogens (tertiary/aromatic N) is 3. The second-order valence-electron chi connectivity index (χ2n) is 23.4. The van der Waals surface area contributed by atoms with E-state index >= 15 is 0 Å². The molecule has 0 bridgehead atoms. The van der Waals surface area contributed by atoms with E-state index in [0.29, 0.717) is 55.7 Å². The molecule has 2 aliphatic heterocycles. The maximum Gasteiger partial charge on any atom is 0.407 e. The van der Waals surface area contributed by atoms with Crippen LogP contribution in [0, 0.1) is 11.8 Å². The fourth-order valence-corrected chi connectivity index (χ4v) is 10.4. The van der Waals surface area contributed by atoms with Crippen molar-refractivity contribution in [1.82, 2.24) is 36.4 Å². The van der Waals surface area contributed by atoms with Crippen LogP contribution in [0.4, 0.5) is 4.79 Å². The largest absolute Gasteiger partial charge is 0.447 e. The number of carbonyl (C=O) groups is 13. The lowest BCUT2D eigenvalue weighted by Gasteiger charge is -2.27. The summed E-state index contributed by atoms with van der Waals surface area (Å²) in [5, 5.41) is 17.5. The Morgan fingerprint density at radius 1 is 0.663 bits per heavy atom. The van der Waals surface area contributed by atoms with Crippen LogP contribution >= 0.6 is 11.8 Å². The van der Waals surface area contributed by atoms with Crippen molar-refractivity contribution in [3.05, 3.63) is 47.5 Å². The van der Waals surface area contributed by atoms with Crippen molar-refractivity contribution in [2.75, 3.05) is 118 Å². The van der Waals surface area contributed by atoms with Gasteiger partial charge in [-0.2, -0.15) is 11.8 Å². The van der Waals surface area contributed by atoms with Crippen LogP contribution in [0.2, 0.25) is 0 Å². The number of alkyl carbamates (subject to hydrolysis) is 1. The van der Waals surface area contributed by atoms with Gasteiger partial charge in [0.25, 0.3) is 11.8 Å². The number of thioether (sulfide) groups is 1. The molecule has 2 heterocycles. The monoisotopic (exact) mass is 1360 g/mol. The highest BCUT2D eigenvalue weighted by Gasteiger charge is 2.36. The highest BCUT2D eigenvalue weighted by molar-refractivity contribution is 7.98. The second kappa shape index (κ2) is 47.6. The highest BCUT2D eigenvalue weighted by Crippen LogP contribution is 2.20. The molecule has 1 saturated heterocycles. The van der Waals surface area contributed by atoms with Crippen LogP contribution in [0.3, 0.4) is 0 Å².